The molecular weight excluding hydrogens is 280 g/mol. The molecule has 4 rings (SSSR count). The van der Waals surface area contributed by atoms with Gasteiger partial charge in [-0.3, -0.25) is 0 Å². The SMILES string of the molecule is COC(=O)C1=COC2(OCCO2)c2cc3c(cc21)OCO3. The minimum atomic E-state index is -1.34. The van der Waals surface area contributed by atoms with Gasteiger partial charge in [-0.05, 0) is 12.1 Å². The van der Waals surface area contributed by atoms with E-state index in [-0.39, 0.29) is 12.4 Å². The summed E-state index contributed by atoms with van der Waals surface area (Å²) in [5, 5.41) is 0. The third kappa shape index (κ3) is 1.71. The van der Waals surface area contributed by atoms with Crippen molar-refractivity contribution in [3.05, 3.63) is 29.5 Å². The number of fused-ring (bicyclic) bond motifs is 3. The van der Waals surface area contributed by atoms with Gasteiger partial charge in [0.1, 0.15) is 11.8 Å². The maximum absolute atomic E-state index is 11.9. The second kappa shape index (κ2) is 4.37. The van der Waals surface area contributed by atoms with E-state index in [9.17, 15) is 4.79 Å². The summed E-state index contributed by atoms with van der Waals surface area (Å²) in [6.07, 6.45) is 1.29. The second-order valence-electron chi connectivity index (χ2n) is 4.65. The molecule has 21 heavy (non-hydrogen) atoms. The standard InChI is InChI=1S/C14H12O7/c1-16-13(15)9-6-21-14(19-2-3-20-14)10-5-12-11(4-8(9)10)17-7-18-12/h4-6H,2-3,7H2,1H3. The summed E-state index contributed by atoms with van der Waals surface area (Å²) in [6, 6.07) is 3.41. The van der Waals surface area contributed by atoms with E-state index in [4.69, 9.17) is 28.4 Å². The van der Waals surface area contributed by atoms with Crippen LogP contribution in [-0.4, -0.2) is 33.1 Å². The molecule has 7 nitrogen and oxygen atoms in total. The summed E-state index contributed by atoms with van der Waals surface area (Å²) in [4.78, 5) is 11.9. The molecule has 3 aliphatic heterocycles. The molecule has 0 N–H and O–H groups in total. The van der Waals surface area contributed by atoms with E-state index in [2.05, 4.69) is 0 Å². The van der Waals surface area contributed by atoms with Gasteiger partial charge in [0.15, 0.2) is 11.5 Å². The second-order valence-corrected chi connectivity index (χ2v) is 4.65. The number of carbonyl (C=O) groups is 1. The van der Waals surface area contributed by atoms with Gasteiger partial charge in [0.25, 0.3) is 0 Å². The highest BCUT2D eigenvalue weighted by Gasteiger charge is 2.47. The molecule has 1 spiro atoms. The third-order valence-corrected chi connectivity index (χ3v) is 3.54. The van der Waals surface area contributed by atoms with E-state index in [0.29, 0.717) is 35.8 Å². The van der Waals surface area contributed by atoms with Crippen LogP contribution in [-0.2, 0) is 29.7 Å². The average Bonchev–Trinajstić information content (AvgIpc) is 3.14. The largest absolute Gasteiger partial charge is 0.465 e. The molecule has 0 radical (unpaired) electrons. The van der Waals surface area contributed by atoms with E-state index in [1.807, 2.05) is 0 Å². The molecule has 0 aromatic heterocycles. The number of esters is 1. The summed E-state index contributed by atoms with van der Waals surface area (Å²) in [6.45, 7) is 0.926. The normalized spacial score (nSPS) is 20.7. The van der Waals surface area contributed by atoms with E-state index in [0.717, 1.165) is 0 Å². The average molecular weight is 292 g/mol. The number of rotatable bonds is 1. The van der Waals surface area contributed by atoms with Crippen LogP contribution in [0.15, 0.2) is 18.4 Å². The van der Waals surface area contributed by atoms with Crippen LogP contribution in [0.1, 0.15) is 11.1 Å². The highest BCUT2D eigenvalue weighted by Crippen LogP contribution is 2.47. The lowest BCUT2D eigenvalue weighted by Gasteiger charge is -2.32. The molecule has 0 atom stereocenters. The van der Waals surface area contributed by atoms with Crippen molar-refractivity contribution in [2.45, 2.75) is 5.97 Å². The van der Waals surface area contributed by atoms with E-state index in [1.165, 1.54) is 13.4 Å². The Morgan fingerprint density at radius 1 is 1.19 bits per heavy atom. The molecule has 3 heterocycles. The molecule has 0 saturated carbocycles. The fourth-order valence-electron chi connectivity index (χ4n) is 2.57. The van der Waals surface area contributed by atoms with E-state index >= 15 is 0 Å². The summed E-state index contributed by atoms with van der Waals surface area (Å²) < 4.78 is 32.2. The first-order chi connectivity index (χ1) is 10.2. The number of benzene rings is 1. The molecule has 7 heteroatoms. The van der Waals surface area contributed by atoms with Crippen LogP contribution in [0.4, 0.5) is 0 Å². The lowest BCUT2D eigenvalue weighted by Crippen LogP contribution is -2.33. The Labute approximate surface area is 119 Å². The van der Waals surface area contributed by atoms with Crippen molar-refractivity contribution in [3.63, 3.8) is 0 Å². The highest BCUT2D eigenvalue weighted by molar-refractivity contribution is 6.17. The molecule has 0 aliphatic carbocycles. The zero-order valence-electron chi connectivity index (χ0n) is 11.2. The van der Waals surface area contributed by atoms with Crippen LogP contribution in [0.3, 0.4) is 0 Å². The van der Waals surface area contributed by atoms with Crippen LogP contribution in [0.25, 0.3) is 5.57 Å². The fraction of sp³-hybridized carbons (Fsp3) is 0.357. The van der Waals surface area contributed by atoms with Crippen molar-refractivity contribution in [1.82, 2.24) is 0 Å². The highest BCUT2D eigenvalue weighted by atomic mass is 16.9. The Balaban J connectivity index is 1.90. The first-order valence-electron chi connectivity index (χ1n) is 6.42. The fourth-order valence-corrected chi connectivity index (χ4v) is 2.57. The number of carbonyl (C=O) groups excluding carboxylic acids is 1. The molecule has 1 fully saturated rings. The van der Waals surface area contributed by atoms with Crippen LogP contribution in [0.2, 0.25) is 0 Å². The molecule has 0 bridgehead atoms. The van der Waals surface area contributed by atoms with Gasteiger partial charge in [-0.2, -0.15) is 0 Å². The number of ether oxygens (including phenoxy) is 6. The smallest absolute Gasteiger partial charge is 0.356 e. The van der Waals surface area contributed by atoms with Crippen molar-refractivity contribution in [2.24, 2.45) is 0 Å². The Kier molecular flexibility index (Phi) is 2.60. The van der Waals surface area contributed by atoms with Gasteiger partial charge < -0.3 is 28.4 Å². The first-order valence-corrected chi connectivity index (χ1v) is 6.42. The van der Waals surface area contributed by atoms with Crippen molar-refractivity contribution < 1.29 is 33.2 Å². The van der Waals surface area contributed by atoms with Crippen molar-refractivity contribution >= 4 is 11.5 Å². The molecule has 110 valence electrons. The zero-order valence-corrected chi connectivity index (χ0v) is 11.2. The monoisotopic (exact) mass is 292 g/mol. The van der Waals surface area contributed by atoms with E-state index < -0.39 is 11.9 Å². The molecule has 1 aromatic rings. The minimum absolute atomic E-state index is 0.130. The van der Waals surface area contributed by atoms with Gasteiger partial charge in [-0.15, -0.1) is 0 Å². The Morgan fingerprint density at radius 3 is 2.62 bits per heavy atom. The van der Waals surface area contributed by atoms with Crippen LogP contribution >= 0.6 is 0 Å². The maximum atomic E-state index is 11.9. The van der Waals surface area contributed by atoms with Crippen molar-refractivity contribution in [3.8, 4) is 11.5 Å². The predicted molar refractivity (Wildman–Crippen MR) is 67.2 cm³/mol. The lowest BCUT2D eigenvalue weighted by molar-refractivity contribution is -0.320. The van der Waals surface area contributed by atoms with Crippen molar-refractivity contribution in [1.29, 1.82) is 0 Å². The van der Waals surface area contributed by atoms with Gasteiger partial charge in [-0.1, -0.05) is 0 Å². The summed E-state index contributed by atoms with van der Waals surface area (Å²) in [5.74, 6) is -0.739. The lowest BCUT2D eigenvalue weighted by atomic mass is 9.96. The molecule has 1 saturated heterocycles. The summed E-state index contributed by atoms with van der Waals surface area (Å²) in [5.41, 5.74) is 1.42. The Morgan fingerprint density at radius 2 is 1.90 bits per heavy atom. The molecule has 0 unspecified atom stereocenters. The minimum Gasteiger partial charge on any atom is -0.465 e. The zero-order chi connectivity index (χ0) is 14.4. The number of hydrogen-bond acceptors (Lipinski definition) is 7. The van der Waals surface area contributed by atoms with Gasteiger partial charge in [-0.25, -0.2) is 4.79 Å². The first kappa shape index (κ1) is 12.5. The van der Waals surface area contributed by atoms with Gasteiger partial charge in [0.2, 0.25) is 6.79 Å². The van der Waals surface area contributed by atoms with E-state index in [1.54, 1.807) is 12.1 Å². The van der Waals surface area contributed by atoms with Crippen LogP contribution in [0.5, 0.6) is 11.5 Å². The van der Waals surface area contributed by atoms with Crippen LogP contribution in [0, 0.1) is 0 Å². The van der Waals surface area contributed by atoms with Crippen molar-refractivity contribution in [2.75, 3.05) is 27.1 Å². The summed E-state index contributed by atoms with van der Waals surface area (Å²) >= 11 is 0. The molecular formula is C14H12O7. The molecule has 0 amide bonds. The topological polar surface area (TPSA) is 72.5 Å². The predicted octanol–water partition coefficient (Wildman–Crippen LogP) is 1.12. The third-order valence-electron chi connectivity index (χ3n) is 3.54. The number of methoxy groups -OCH3 is 1. The maximum Gasteiger partial charge on any atom is 0.356 e. The molecule has 1 aromatic carbocycles. The Hall–Kier alpha value is -2.25. The Bertz CT molecular complexity index is 643. The van der Waals surface area contributed by atoms with Gasteiger partial charge in [0, 0.05) is 5.56 Å². The number of hydrogen-bond donors (Lipinski definition) is 0. The van der Waals surface area contributed by atoms with Gasteiger partial charge >= 0.3 is 11.9 Å². The molecule has 3 aliphatic rings. The quantitative estimate of drug-likeness (QED) is 0.718. The van der Waals surface area contributed by atoms with Gasteiger partial charge in [0.05, 0.1) is 25.9 Å². The van der Waals surface area contributed by atoms with Crippen LogP contribution < -0.4 is 9.47 Å². The summed E-state index contributed by atoms with van der Waals surface area (Å²) in [7, 11) is 1.31.